The average Bonchev–Trinajstić information content (AvgIpc) is 2.57. The van der Waals surface area contributed by atoms with E-state index in [-0.39, 0.29) is 12.6 Å². The molecular formula is C18H20Cl2N4O. The number of urea groups is 1. The molecule has 0 aromatic heterocycles. The topological polar surface area (TPSA) is 68.2 Å². The third-order valence-electron chi connectivity index (χ3n) is 3.74. The first-order chi connectivity index (χ1) is 11.8. The predicted octanol–water partition coefficient (Wildman–Crippen LogP) is 3.71. The number of hydrogen-bond acceptors (Lipinski definition) is 3. The summed E-state index contributed by atoms with van der Waals surface area (Å²) in [6.45, 7) is 0.289. The van der Waals surface area contributed by atoms with E-state index < -0.39 is 0 Å². The molecule has 1 aromatic carbocycles. The van der Waals surface area contributed by atoms with E-state index in [1.54, 1.807) is 39.3 Å². The molecule has 0 aliphatic heterocycles. The number of likely N-dealkylation sites (N-methyl/N-ethyl adjacent to an activating group) is 1. The van der Waals surface area contributed by atoms with E-state index in [2.05, 4.69) is 10.6 Å². The van der Waals surface area contributed by atoms with E-state index in [9.17, 15) is 4.79 Å². The Morgan fingerprint density at radius 3 is 2.60 bits per heavy atom. The van der Waals surface area contributed by atoms with Crippen molar-refractivity contribution in [2.24, 2.45) is 0 Å². The molecule has 132 valence electrons. The van der Waals surface area contributed by atoms with E-state index in [1.165, 1.54) is 4.90 Å². The van der Waals surface area contributed by atoms with Crippen molar-refractivity contribution in [3.05, 3.63) is 63.3 Å². The van der Waals surface area contributed by atoms with Gasteiger partial charge in [0.1, 0.15) is 0 Å². The van der Waals surface area contributed by atoms with Crippen LogP contribution in [0.2, 0.25) is 10.0 Å². The molecule has 7 heteroatoms. The summed E-state index contributed by atoms with van der Waals surface area (Å²) in [6.07, 6.45) is 5.54. The summed E-state index contributed by atoms with van der Waals surface area (Å²) in [5, 5.41) is 15.5. The number of halogens is 2. The molecule has 0 atom stereocenters. The molecule has 1 aromatic rings. The normalized spacial score (nSPS) is 15.6. The molecular weight excluding hydrogens is 359 g/mol. The minimum absolute atomic E-state index is 0.198. The minimum Gasteiger partial charge on any atom is -0.389 e. The van der Waals surface area contributed by atoms with Crippen molar-refractivity contribution in [1.29, 1.82) is 5.41 Å². The van der Waals surface area contributed by atoms with Crippen LogP contribution in [0.15, 0.2) is 47.7 Å². The number of hydrogen-bond donors (Lipinski definition) is 3. The third-order valence-corrected chi connectivity index (χ3v) is 4.28. The second-order valence-corrected chi connectivity index (χ2v) is 6.48. The largest absolute Gasteiger partial charge is 0.389 e. The van der Waals surface area contributed by atoms with Crippen molar-refractivity contribution in [2.45, 2.75) is 0 Å². The summed E-state index contributed by atoms with van der Waals surface area (Å²) in [5.74, 6) is 0. The number of allylic oxidation sites excluding steroid dienone is 5. The van der Waals surface area contributed by atoms with Gasteiger partial charge < -0.3 is 15.5 Å². The van der Waals surface area contributed by atoms with Crippen LogP contribution in [0.4, 0.5) is 4.79 Å². The van der Waals surface area contributed by atoms with Gasteiger partial charge in [-0.05, 0) is 12.1 Å². The summed E-state index contributed by atoms with van der Waals surface area (Å²) < 4.78 is 0. The second kappa shape index (κ2) is 8.23. The molecule has 1 aliphatic rings. The Kier molecular flexibility index (Phi) is 6.28. The molecule has 0 unspecified atom stereocenters. The molecule has 0 saturated carbocycles. The van der Waals surface area contributed by atoms with E-state index in [4.69, 9.17) is 28.6 Å². The van der Waals surface area contributed by atoms with Crippen LogP contribution in [-0.2, 0) is 0 Å². The number of rotatable bonds is 4. The Morgan fingerprint density at radius 2 is 2.00 bits per heavy atom. The fourth-order valence-electron chi connectivity index (χ4n) is 2.38. The molecule has 0 radical (unpaired) electrons. The van der Waals surface area contributed by atoms with Gasteiger partial charge in [0.15, 0.2) is 0 Å². The van der Waals surface area contributed by atoms with Crippen LogP contribution >= 0.6 is 23.2 Å². The first-order valence-electron chi connectivity index (χ1n) is 7.64. The van der Waals surface area contributed by atoms with Crippen LogP contribution < -0.4 is 10.6 Å². The molecule has 0 fully saturated rings. The summed E-state index contributed by atoms with van der Waals surface area (Å²) in [7, 11) is 5.11. The van der Waals surface area contributed by atoms with E-state index in [0.29, 0.717) is 26.9 Å². The maximum absolute atomic E-state index is 11.7. The first kappa shape index (κ1) is 19.1. The number of nitrogens with one attached hydrogen (secondary N) is 3. The highest BCUT2D eigenvalue weighted by molar-refractivity contribution is 6.40. The SMILES string of the molecule is CN/C(CNC(=O)N(C)C)=C1/C=CC=C(c2ccc(Cl)cc2Cl)C1=N. The Morgan fingerprint density at radius 1 is 1.28 bits per heavy atom. The lowest BCUT2D eigenvalue weighted by Gasteiger charge is -2.20. The highest BCUT2D eigenvalue weighted by Crippen LogP contribution is 2.31. The number of amides is 2. The van der Waals surface area contributed by atoms with E-state index >= 15 is 0 Å². The molecule has 0 spiro atoms. The molecule has 0 bridgehead atoms. The Balaban J connectivity index is 2.32. The predicted molar refractivity (Wildman–Crippen MR) is 104 cm³/mol. The number of carbonyl (C=O) groups is 1. The minimum atomic E-state index is -0.198. The fraction of sp³-hybridized carbons (Fsp3) is 0.222. The number of nitrogens with zero attached hydrogens (tertiary/aromatic N) is 1. The molecule has 5 nitrogen and oxygen atoms in total. The zero-order valence-corrected chi connectivity index (χ0v) is 15.8. The summed E-state index contributed by atoms with van der Waals surface area (Å²) >= 11 is 12.2. The molecule has 1 aliphatic carbocycles. The quantitative estimate of drug-likeness (QED) is 0.747. The zero-order chi connectivity index (χ0) is 18.6. The van der Waals surface area contributed by atoms with Crippen LogP contribution in [0.5, 0.6) is 0 Å². The first-order valence-corrected chi connectivity index (χ1v) is 8.40. The van der Waals surface area contributed by atoms with Gasteiger partial charge in [0.2, 0.25) is 0 Å². The van der Waals surface area contributed by atoms with Crippen LogP contribution in [0.3, 0.4) is 0 Å². The Bertz CT molecular complexity index is 794. The maximum atomic E-state index is 11.7. The summed E-state index contributed by atoms with van der Waals surface area (Å²) in [6, 6.07) is 5.00. The Labute approximate surface area is 157 Å². The monoisotopic (exact) mass is 378 g/mol. The molecule has 25 heavy (non-hydrogen) atoms. The smallest absolute Gasteiger partial charge is 0.317 e. The second-order valence-electron chi connectivity index (χ2n) is 5.63. The number of benzene rings is 1. The third kappa shape index (κ3) is 4.44. The lowest BCUT2D eigenvalue weighted by atomic mass is 9.90. The van der Waals surface area contributed by atoms with Crippen molar-refractivity contribution in [2.75, 3.05) is 27.7 Å². The molecule has 3 N–H and O–H groups in total. The van der Waals surface area contributed by atoms with Crippen LogP contribution in [0.25, 0.3) is 5.57 Å². The van der Waals surface area contributed by atoms with Gasteiger partial charge in [0, 0.05) is 53.6 Å². The molecule has 2 rings (SSSR count). The van der Waals surface area contributed by atoms with Crippen molar-refractivity contribution in [1.82, 2.24) is 15.5 Å². The zero-order valence-electron chi connectivity index (χ0n) is 14.3. The average molecular weight is 379 g/mol. The van der Waals surface area contributed by atoms with Crippen LogP contribution in [0, 0.1) is 5.41 Å². The summed E-state index contributed by atoms with van der Waals surface area (Å²) in [4.78, 5) is 13.2. The van der Waals surface area contributed by atoms with Gasteiger partial charge in [-0.15, -0.1) is 0 Å². The molecule has 0 saturated heterocycles. The highest BCUT2D eigenvalue weighted by Gasteiger charge is 2.19. The molecule has 0 heterocycles. The van der Waals surface area contributed by atoms with Gasteiger partial charge in [0.25, 0.3) is 0 Å². The molecule has 2 amide bonds. The van der Waals surface area contributed by atoms with Crippen molar-refractivity contribution in [3.63, 3.8) is 0 Å². The van der Waals surface area contributed by atoms with E-state index in [1.807, 2.05) is 18.2 Å². The summed E-state index contributed by atoms with van der Waals surface area (Å²) in [5.41, 5.74) is 3.21. The van der Waals surface area contributed by atoms with Crippen LogP contribution in [0.1, 0.15) is 5.56 Å². The van der Waals surface area contributed by atoms with Crippen molar-refractivity contribution in [3.8, 4) is 0 Å². The van der Waals surface area contributed by atoms with Gasteiger partial charge in [-0.1, -0.05) is 47.5 Å². The van der Waals surface area contributed by atoms with Crippen molar-refractivity contribution >= 4 is 40.5 Å². The Hall–Kier alpha value is -2.24. The number of carbonyl (C=O) groups excluding carboxylic acids is 1. The van der Waals surface area contributed by atoms with Crippen molar-refractivity contribution < 1.29 is 4.79 Å². The highest BCUT2D eigenvalue weighted by atomic mass is 35.5. The van der Waals surface area contributed by atoms with Gasteiger partial charge >= 0.3 is 6.03 Å². The van der Waals surface area contributed by atoms with Gasteiger partial charge in [-0.25, -0.2) is 4.79 Å². The lowest BCUT2D eigenvalue weighted by molar-refractivity contribution is 0.218. The van der Waals surface area contributed by atoms with Gasteiger partial charge in [0.05, 0.1) is 12.3 Å². The van der Waals surface area contributed by atoms with Gasteiger partial charge in [-0.3, -0.25) is 5.41 Å². The van der Waals surface area contributed by atoms with Gasteiger partial charge in [-0.2, -0.15) is 0 Å². The standard InChI is InChI=1S/C18H20Cl2N4O/c1-22-16(10-23-18(25)24(2)3)14-6-4-5-13(17(14)21)12-8-7-11(19)9-15(12)20/h4-9,21-22H,10H2,1-3H3,(H,23,25)/b16-14-,21-17?. The van der Waals surface area contributed by atoms with E-state index in [0.717, 1.165) is 11.3 Å². The maximum Gasteiger partial charge on any atom is 0.317 e. The van der Waals surface area contributed by atoms with Crippen LogP contribution in [-0.4, -0.2) is 44.3 Å². The lowest BCUT2D eigenvalue weighted by Crippen LogP contribution is -2.37. The fourth-order valence-corrected chi connectivity index (χ4v) is 2.89.